The molecular weight excluding hydrogens is 238 g/mol. The zero-order chi connectivity index (χ0) is 13.3. The summed E-state index contributed by atoms with van der Waals surface area (Å²) < 4.78 is 0. The molecule has 18 heavy (non-hydrogen) atoms. The van der Waals surface area contributed by atoms with Crippen molar-refractivity contribution in [3.63, 3.8) is 0 Å². The highest BCUT2D eigenvalue weighted by Crippen LogP contribution is 2.43. The molecule has 1 aliphatic carbocycles. The van der Waals surface area contributed by atoms with Gasteiger partial charge in [0.25, 0.3) is 0 Å². The van der Waals surface area contributed by atoms with E-state index in [1.165, 1.54) is 23.3 Å². The van der Waals surface area contributed by atoms with E-state index >= 15 is 0 Å². The summed E-state index contributed by atoms with van der Waals surface area (Å²) in [6, 6.07) is 2.99. The van der Waals surface area contributed by atoms with Crippen LogP contribution >= 0.6 is 11.3 Å². The third-order valence-corrected chi connectivity index (χ3v) is 6.13. The summed E-state index contributed by atoms with van der Waals surface area (Å²) in [5.74, 6) is 1.57. The van der Waals surface area contributed by atoms with E-state index < -0.39 is 0 Å². The molecule has 0 spiro atoms. The fraction of sp³-hybridized carbons (Fsp3) is 0.750. The summed E-state index contributed by atoms with van der Waals surface area (Å²) >= 11 is 1.88. The summed E-state index contributed by atoms with van der Waals surface area (Å²) in [4.78, 5) is 1.47. The fourth-order valence-corrected chi connectivity index (χ4v) is 4.01. The first-order valence-corrected chi connectivity index (χ1v) is 8.05. The first-order valence-electron chi connectivity index (χ1n) is 7.17. The Balaban J connectivity index is 1.91. The molecule has 1 unspecified atom stereocenters. The smallest absolute Gasteiger partial charge is 0.0302 e. The highest BCUT2D eigenvalue weighted by Gasteiger charge is 2.38. The van der Waals surface area contributed by atoms with Crippen LogP contribution in [-0.2, 0) is 6.54 Å². The maximum atomic E-state index is 3.78. The van der Waals surface area contributed by atoms with Crippen molar-refractivity contribution < 1.29 is 0 Å². The van der Waals surface area contributed by atoms with Gasteiger partial charge in [0.1, 0.15) is 0 Å². The number of nitrogens with one attached hydrogen (secondary N) is 1. The number of rotatable bonds is 3. The van der Waals surface area contributed by atoms with Gasteiger partial charge in [-0.1, -0.05) is 27.7 Å². The molecule has 0 saturated heterocycles. The van der Waals surface area contributed by atoms with Gasteiger partial charge in [0.2, 0.25) is 0 Å². The number of thiophene rings is 1. The monoisotopic (exact) mass is 265 g/mol. The van der Waals surface area contributed by atoms with Gasteiger partial charge in [-0.2, -0.15) is 0 Å². The predicted molar refractivity (Wildman–Crippen MR) is 81.0 cm³/mol. The second kappa shape index (κ2) is 5.34. The average molecular weight is 265 g/mol. The summed E-state index contributed by atoms with van der Waals surface area (Å²) in [6.45, 7) is 12.9. The lowest BCUT2D eigenvalue weighted by Crippen LogP contribution is -2.46. The normalized spacial score (nSPS) is 31.5. The quantitative estimate of drug-likeness (QED) is 0.841. The van der Waals surface area contributed by atoms with E-state index in [-0.39, 0.29) is 0 Å². The van der Waals surface area contributed by atoms with Gasteiger partial charge >= 0.3 is 0 Å². The Morgan fingerprint density at radius 3 is 2.72 bits per heavy atom. The van der Waals surface area contributed by atoms with Gasteiger partial charge in [-0.05, 0) is 54.0 Å². The van der Waals surface area contributed by atoms with E-state index in [9.17, 15) is 0 Å². The third kappa shape index (κ3) is 2.97. The molecule has 2 heteroatoms. The summed E-state index contributed by atoms with van der Waals surface area (Å²) in [5.41, 5.74) is 1.90. The maximum Gasteiger partial charge on any atom is 0.0302 e. The van der Waals surface area contributed by atoms with Crippen LogP contribution < -0.4 is 5.32 Å². The molecule has 2 rings (SSSR count). The molecule has 0 amide bonds. The molecule has 0 bridgehead atoms. The van der Waals surface area contributed by atoms with Gasteiger partial charge in [0, 0.05) is 17.5 Å². The van der Waals surface area contributed by atoms with Crippen LogP contribution in [0, 0.1) is 24.2 Å². The van der Waals surface area contributed by atoms with E-state index in [0.29, 0.717) is 11.5 Å². The second-order valence-corrected chi connectivity index (χ2v) is 7.75. The van der Waals surface area contributed by atoms with Gasteiger partial charge in [-0.3, -0.25) is 0 Å². The standard InChI is InChI=1S/C16H27NS/c1-11-8-14(18-10-11)9-17-15-6-7-16(4,5)13(3)12(15)2/h8,10,12-13,15,17H,6-7,9H2,1-5H3/t12-,13?,15-/m1/s1. The lowest BCUT2D eigenvalue weighted by atomic mass is 9.63. The SMILES string of the molecule is Cc1csc(CN[C@@H]2CCC(C)(C)C(C)[C@H]2C)c1. The van der Waals surface area contributed by atoms with E-state index in [0.717, 1.165) is 18.4 Å². The number of aryl methyl sites for hydroxylation is 1. The molecule has 1 aromatic heterocycles. The van der Waals surface area contributed by atoms with Gasteiger partial charge in [-0.25, -0.2) is 0 Å². The van der Waals surface area contributed by atoms with Crippen LogP contribution in [0.2, 0.25) is 0 Å². The largest absolute Gasteiger partial charge is 0.309 e. The van der Waals surface area contributed by atoms with Crippen LogP contribution in [0.1, 0.15) is 51.0 Å². The molecule has 1 aliphatic rings. The van der Waals surface area contributed by atoms with Gasteiger partial charge < -0.3 is 5.32 Å². The maximum absolute atomic E-state index is 3.78. The molecule has 0 aromatic carbocycles. The van der Waals surface area contributed by atoms with Crippen molar-refractivity contribution in [1.82, 2.24) is 5.32 Å². The lowest BCUT2D eigenvalue weighted by Gasteiger charge is -2.45. The van der Waals surface area contributed by atoms with Crippen LogP contribution in [0.4, 0.5) is 0 Å². The Bertz CT molecular complexity index is 394. The average Bonchev–Trinajstić information content (AvgIpc) is 2.72. The molecule has 0 radical (unpaired) electrons. The van der Waals surface area contributed by atoms with Crippen molar-refractivity contribution in [2.24, 2.45) is 17.3 Å². The minimum atomic E-state index is 0.511. The molecule has 1 aromatic rings. The Hall–Kier alpha value is -0.340. The highest BCUT2D eigenvalue weighted by atomic mass is 32.1. The topological polar surface area (TPSA) is 12.0 Å². The molecule has 102 valence electrons. The molecule has 1 N–H and O–H groups in total. The van der Waals surface area contributed by atoms with Gasteiger partial charge in [0.15, 0.2) is 0 Å². The number of hydrogen-bond donors (Lipinski definition) is 1. The molecule has 1 heterocycles. The first kappa shape index (κ1) is 14.1. The van der Waals surface area contributed by atoms with Crippen molar-refractivity contribution in [3.05, 3.63) is 21.9 Å². The third-order valence-electron chi connectivity index (χ3n) is 5.08. The Morgan fingerprint density at radius 1 is 1.39 bits per heavy atom. The molecule has 1 fully saturated rings. The Kier molecular flexibility index (Phi) is 4.18. The summed E-state index contributed by atoms with van der Waals surface area (Å²) in [7, 11) is 0. The molecule has 1 saturated carbocycles. The van der Waals surface area contributed by atoms with Crippen molar-refractivity contribution in [1.29, 1.82) is 0 Å². The zero-order valence-corrected chi connectivity index (χ0v) is 13.2. The van der Waals surface area contributed by atoms with E-state index in [1.807, 2.05) is 11.3 Å². The van der Waals surface area contributed by atoms with Gasteiger partial charge in [0.05, 0.1) is 0 Å². The Labute approximate surface area is 116 Å². The minimum absolute atomic E-state index is 0.511. The van der Waals surface area contributed by atoms with E-state index in [2.05, 4.69) is 51.4 Å². The second-order valence-electron chi connectivity index (χ2n) is 6.75. The number of hydrogen-bond acceptors (Lipinski definition) is 2. The highest BCUT2D eigenvalue weighted by molar-refractivity contribution is 7.10. The summed E-state index contributed by atoms with van der Waals surface area (Å²) in [5, 5.41) is 6.02. The zero-order valence-electron chi connectivity index (χ0n) is 12.4. The molecule has 3 atom stereocenters. The van der Waals surface area contributed by atoms with Crippen LogP contribution in [0.5, 0.6) is 0 Å². The molecular formula is C16H27NS. The van der Waals surface area contributed by atoms with Crippen molar-refractivity contribution in [2.75, 3.05) is 0 Å². The lowest BCUT2D eigenvalue weighted by molar-refractivity contribution is 0.0685. The van der Waals surface area contributed by atoms with Crippen LogP contribution in [0.25, 0.3) is 0 Å². The summed E-state index contributed by atoms with van der Waals surface area (Å²) in [6.07, 6.45) is 2.67. The van der Waals surface area contributed by atoms with E-state index in [4.69, 9.17) is 0 Å². The molecule has 0 aliphatic heterocycles. The van der Waals surface area contributed by atoms with Crippen molar-refractivity contribution >= 4 is 11.3 Å². The van der Waals surface area contributed by atoms with Crippen LogP contribution in [-0.4, -0.2) is 6.04 Å². The fourth-order valence-electron chi connectivity index (χ4n) is 3.18. The van der Waals surface area contributed by atoms with E-state index in [1.54, 1.807) is 0 Å². The van der Waals surface area contributed by atoms with Crippen molar-refractivity contribution in [3.8, 4) is 0 Å². The van der Waals surface area contributed by atoms with Crippen LogP contribution in [0.3, 0.4) is 0 Å². The van der Waals surface area contributed by atoms with Crippen LogP contribution in [0.15, 0.2) is 11.4 Å². The first-order chi connectivity index (χ1) is 8.40. The minimum Gasteiger partial charge on any atom is -0.309 e. The Morgan fingerprint density at radius 2 is 2.11 bits per heavy atom. The van der Waals surface area contributed by atoms with Gasteiger partial charge in [-0.15, -0.1) is 11.3 Å². The molecule has 1 nitrogen and oxygen atoms in total. The predicted octanol–water partition coefficient (Wildman–Crippen LogP) is 4.61. The van der Waals surface area contributed by atoms with Crippen molar-refractivity contribution in [2.45, 2.75) is 60.0 Å².